The molecule has 28 heavy (non-hydrogen) atoms. The highest BCUT2D eigenvalue weighted by Gasteiger charge is 2.15. The van der Waals surface area contributed by atoms with Crippen LogP contribution in [-0.2, 0) is 11.3 Å². The molecule has 2 aromatic carbocycles. The number of hydrogen-bond acceptors (Lipinski definition) is 4. The molecule has 6 nitrogen and oxygen atoms in total. The predicted molar refractivity (Wildman–Crippen MR) is 111 cm³/mol. The van der Waals surface area contributed by atoms with Crippen LogP contribution in [0.15, 0.2) is 48.5 Å². The number of para-hydroxylation sites is 2. The Balaban J connectivity index is 1.52. The van der Waals surface area contributed by atoms with Crippen LogP contribution in [0.25, 0.3) is 11.0 Å². The van der Waals surface area contributed by atoms with Crippen LogP contribution < -0.4 is 5.32 Å². The van der Waals surface area contributed by atoms with E-state index in [9.17, 15) is 4.79 Å². The first-order valence-corrected chi connectivity index (χ1v) is 9.91. The zero-order chi connectivity index (χ0) is 19.3. The van der Waals surface area contributed by atoms with Gasteiger partial charge in [-0.15, -0.1) is 0 Å². The quantitative estimate of drug-likeness (QED) is 0.688. The van der Waals surface area contributed by atoms with Gasteiger partial charge < -0.3 is 9.30 Å². The molecule has 0 saturated carbocycles. The number of benzene rings is 2. The minimum atomic E-state index is -0.216. The highest BCUT2D eigenvalue weighted by molar-refractivity contribution is 6.31. The van der Waals surface area contributed by atoms with Crippen LogP contribution in [-0.4, -0.2) is 53.2 Å². The highest BCUT2D eigenvalue weighted by Crippen LogP contribution is 2.21. The number of amides is 1. The fourth-order valence-electron chi connectivity index (χ4n) is 3.48. The van der Waals surface area contributed by atoms with Crippen LogP contribution >= 0.6 is 11.6 Å². The summed E-state index contributed by atoms with van der Waals surface area (Å²) in [7, 11) is 0. The van der Waals surface area contributed by atoms with Crippen LogP contribution in [0.3, 0.4) is 0 Å². The van der Waals surface area contributed by atoms with Gasteiger partial charge in [-0.1, -0.05) is 29.8 Å². The zero-order valence-electron chi connectivity index (χ0n) is 15.6. The second kappa shape index (κ2) is 8.73. The largest absolute Gasteiger partial charge is 0.379 e. The summed E-state index contributed by atoms with van der Waals surface area (Å²) in [4.78, 5) is 19.7. The fraction of sp³-hybridized carbons (Fsp3) is 0.333. The van der Waals surface area contributed by atoms with Crippen molar-refractivity contribution < 1.29 is 9.53 Å². The Morgan fingerprint density at radius 1 is 1.11 bits per heavy atom. The van der Waals surface area contributed by atoms with E-state index in [0.29, 0.717) is 16.5 Å². The van der Waals surface area contributed by atoms with E-state index in [-0.39, 0.29) is 5.91 Å². The molecule has 0 aliphatic carbocycles. The third-order valence-electron chi connectivity index (χ3n) is 4.93. The summed E-state index contributed by atoms with van der Waals surface area (Å²) >= 11 is 6.02. The lowest BCUT2D eigenvalue weighted by Crippen LogP contribution is -2.37. The van der Waals surface area contributed by atoms with Gasteiger partial charge in [-0.05, 0) is 36.8 Å². The van der Waals surface area contributed by atoms with Crippen LogP contribution in [0.1, 0.15) is 16.8 Å². The average molecular weight is 399 g/mol. The first-order valence-electron chi connectivity index (χ1n) is 9.53. The molecule has 146 valence electrons. The minimum Gasteiger partial charge on any atom is -0.379 e. The monoisotopic (exact) mass is 398 g/mol. The predicted octanol–water partition coefficient (Wildman–Crippen LogP) is 3.66. The molecule has 2 heterocycles. The summed E-state index contributed by atoms with van der Waals surface area (Å²) in [6.07, 6.45) is 0.973. The lowest BCUT2D eigenvalue weighted by molar-refractivity contribution is 0.0370. The van der Waals surface area contributed by atoms with Crippen molar-refractivity contribution in [1.29, 1.82) is 0 Å². The van der Waals surface area contributed by atoms with Gasteiger partial charge >= 0.3 is 0 Å². The summed E-state index contributed by atoms with van der Waals surface area (Å²) in [5, 5.41) is 3.49. The Morgan fingerprint density at radius 2 is 1.93 bits per heavy atom. The molecule has 4 rings (SSSR count). The molecule has 1 aliphatic heterocycles. The van der Waals surface area contributed by atoms with E-state index in [1.807, 2.05) is 24.3 Å². The summed E-state index contributed by atoms with van der Waals surface area (Å²) < 4.78 is 7.49. The molecular weight excluding hydrogens is 376 g/mol. The van der Waals surface area contributed by atoms with Gasteiger partial charge in [0.1, 0.15) is 0 Å². The molecule has 1 saturated heterocycles. The summed E-state index contributed by atoms with van der Waals surface area (Å²) in [6.45, 7) is 5.33. The number of ether oxygens (including phenoxy) is 1. The number of nitrogens with zero attached hydrogens (tertiary/aromatic N) is 3. The van der Waals surface area contributed by atoms with Gasteiger partial charge in [0.15, 0.2) is 0 Å². The number of aromatic nitrogens is 2. The minimum absolute atomic E-state index is 0.216. The van der Waals surface area contributed by atoms with Crippen molar-refractivity contribution in [3.63, 3.8) is 0 Å². The SMILES string of the molecule is O=C(Nc1nc2ccccc2n1CCCN1CCOCC1)c1cccc(Cl)c1. The number of nitrogens with one attached hydrogen (secondary N) is 1. The number of fused-ring (bicyclic) bond motifs is 1. The van der Waals surface area contributed by atoms with Gasteiger partial charge in [0.25, 0.3) is 5.91 Å². The van der Waals surface area contributed by atoms with Crippen molar-refractivity contribution in [2.45, 2.75) is 13.0 Å². The molecule has 1 amide bonds. The number of morpholine rings is 1. The van der Waals surface area contributed by atoms with Crippen LogP contribution in [0.5, 0.6) is 0 Å². The van der Waals surface area contributed by atoms with Gasteiger partial charge in [-0.25, -0.2) is 4.98 Å². The topological polar surface area (TPSA) is 59.4 Å². The molecule has 0 unspecified atom stereocenters. The Labute approximate surface area is 169 Å². The number of carbonyl (C=O) groups is 1. The molecule has 0 radical (unpaired) electrons. The number of halogens is 1. The Hall–Kier alpha value is -2.41. The molecule has 1 aliphatic rings. The maximum atomic E-state index is 12.7. The number of anilines is 1. The number of hydrogen-bond donors (Lipinski definition) is 1. The standard InChI is InChI=1S/C21H23ClN4O2/c22-17-6-3-5-16(15-17)20(27)24-21-23-18-7-1-2-8-19(18)26(21)10-4-9-25-11-13-28-14-12-25/h1-3,5-8,15H,4,9-14H2,(H,23,24,27). The molecule has 7 heteroatoms. The number of aryl methyl sites for hydroxylation is 1. The molecule has 0 spiro atoms. The van der Waals surface area contributed by atoms with E-state index >= 15 is 0 Å². The van der Waals surface area contributed by atoms with E-state index in [2.05, 4.69) is 19.8 Å². The van der Waals surface area contributed by atoms with Crippen molar-refractivity contribution in [3.05, 3.63) is 59.1 Å². The van der Waals surface area contributed by atoms with Crippen LogP contribution in [0.2, 0.25) is 5.02 Å². The molecule has 1 aromatic heterocycles. The summed E-state index contributed by atoms with van der Waals surface area (Å²) in [5.41, 5.74) is 2.40. The van der Waals surface area contributed by atoms with Gasteiger partial charge in [0.2, 0.25) is 5.95 Å². The normalized spacial score (nSPS) is 15.0. The van der Waals surface area contributed by atoms with Crippen molar-refractivity contribution in [2.75, 3.05) is 38.2 Å². The maximum Gasteiger partial charge on any atom is 0.258 e. The highest BCUT2D eigenvalue weighted by atomic mass is 35.5. The number of rotatable bonds is 6. The average Bonchev–Trinajstić information content (AvgIpc) is 3.06. The lowest BCUT2D eigenvalue weighted by atomic mass is 10.2. The molecule has 1 N–H and O–H groups in total. The van der Waals surface area contributed by atoms with Gasteiger partial charge in [0, 0.05) is 36.8 Å². The fourth-order valence-corrected chi connectivity index (χ4v) is 3.67. The molecule has 3 aromatic rings. The number of carbonyl (C=O) groups excluding carboxylic acids is 1. The maximum absolute atomic E-state index is 12.7. The van der Waals surface area contributed by atoms with Gasteiger partial charge in [-0.3, -0.25) is 15.0 Å². The van der Waals surface area contributed by atoms with E-state index in [1.165, 1.54) is 0 Å². The Morgan fingerprint density at radius 3 is 2.75 bits per heavy atom. The third kappa shape index (κ3) is 4.35. The van der Waals surface area contributed by atoms with E-state index in [0.717, 1.165) is 56.8 Å². The first kappa shape index (κ1) is 18.9. The second-order valence-electron chi connectivity index (χ2n) is 6.85. The first-order chi connectivity index (χ1) is 13.7. The van der Waals surface area contributed by atoms with Crippen molar-refractivity contribution >= 4 is 34.5 Å². The van der Waals surface area contributed by atoms with Crippen LogP contribution in [0.4, 0.5) is 5.95 Å². The Kier molecular flexibility index (Phi) is 5.90. The summed E-state index contributed by atoms with van der Waals surface area (Å²) in [5.74, 6) is 0.348. The van der Waals surface area contributed by atoms with Gasteiger partial charge in [0.05, 0.1) is 24.2 Å². The molecule has 1 fully saturated rings. The lowest BCUT2D eigenvalue weighted by Gasteiger charge is -2.26. The third-order valence-corrected chi connectivity index (χ3v) is 5.16. The van der Waals surface area contributed by atoms with Crippen molar-refractivity contribution in [2.24, 2.45) is 0 Å². The van der Waals surface area contributed by atoms with E-state index < -0.39 is 0 Å². The smallest absolute Gasteiger partial charge is 0.258 e. The van der Waals surface area contributed by atoms with Crippen molar-refractivity contribution in [1.82, 2.24) is 14.5 Å². The molecular formula is C21H23ClN4O2. The van der Waals surface area contributed by atoms with Crippen LogP contribution in [0, 0.1) is 0 Å². The summed E-state index contributed by atoms with van der Waals surface area (Å²) in [6, 6.07) is 14.9. The zero-order valence-corrected chi connectivity index (χ0v) is 16.4. The van der Waals surface area contributed by atoms with E-state index in [4.69, 9.17) is 16.3 Å². The second-order valence-corrected chi connectivity index (χ2v) is 7.28. The number of imidazole rings is 1. The van der Waals surface area contributed by atoms with Gasteiger partial charge in [-0.2, -0.15) is 0 Å². The van der Waals surface area contributed by atoms with E-state index in [1.54, 1.807) is 24.3 Å². The molecule has 0 bridgehead atoms. The van der Waals surface area contributed by atoms with Crippen molar-refractivity contribution in [3.8, 4) is 0 Å². The molecule has 0 atom stereocenters. The Bertz CT molecular complexity index is 966.